The van der Waals surface area contributed by atoms with Gasteiger partial charge >= 0.3 is 11.9 Å². The molecule has 24 heavy (non-hydrogen) atoms. The number of hydrogen-bond donors (Lipinski definition) is 1. The molecule has 0 amide bonds. The third-order valence-corrected chi connectivity index (χ3v) is 4.11. The number of ether oxygens (including phenoxy) is 2. The fraction of sp³-hybridized carbons (Fsp3) is 0.529. The summed E-state index contributed by atoms with van der Waals surface area (Å²) in [4.78, 5) is 26.0. The molecule has 0 atom stereocenters. The molecular formula is C17H24ClNO5. The lowest BCUT2D eigenvalue weighted by molar-refractivity contribution is -0.164. The zero-order valence-electron chi connectivity index (χ0n) is 13.8. The van der Waals surface area contributed by atoms with E-state index in [4.69, 9.17) is 9.47 Å². The highest BCUT2D eigenvalue weighted by Crippen LogP contribution is 2.28. The molecule has 1 aliphatic heterocycles. The molecule has 134 valence electrons. The molecule has 0 unspecified atom stereocenters. The number of hydrogen-bond acceptors (Lipinski definition) is 5. The second kappa shape index (κ2) is 9.61. The molecule has 6 nitrogen and oxygen atoms in total. The summed E-state index contributed by atoms with van der Waals surface area (Å²) in [6, 6.07) is 8.48. The number of carboxylic acids is 1. The van der Waals surface area contributed by atoms with Crippen LogP contribution in [0.5, 0.6) is 0 Å². The van der Waals surface area contributed by atoms with Crippen LogP contribution in [0, 0.1) is 0 Å². The summed E-state index contributed by atoms with van der Waals surface area (Å²) < 4.78 is 10.7. The number of benzene rings is 1. The Kier molecular flexibility index (Phi) is 8.18. The van der Waals surface area contributed by atoms with Crippen LogP contribution in [0.25, 0.3) is 0 Å². The van der Waals surface area contributed by atoms with Gasteiger partial charge in [0, 0.05) is 39.1 Å². The maximum Gasteiger partial charge on any atom is 0.348 e. The van der Waals surface area contributed by atoms with Gasteiger partial charge in [0.15, 0.2) is 0 Å². The molecule has 1 aromatic carbocycles. The van der Waals surface area contributed by atoms with E-state index in [1.165, 1.54) is 0 Å². The van der Waals surface area contributed by atoms with Crippen molar-refractivity contribution in [1.82, 2.24) is 4.90 Å². The minimum absolute atomic E-state index is 0. The second-order valence-corrected chi connectivity index (χ2v) is 5.59. The van der Waals surface area contributed by atoms with E-state index in [0.717, 1.165) is 6.54 Å². The van der Waals surface area contributed by atoms with Gasteiger partial charge in [-0.3, -0.25) is 0 Å². The molecule has 1 N–H and O–H groups in total. The first kappa shape index (κ1) is 20.4. The fourth-order valence-electron chi connectivity index (χ4n) is 2.65. The molecule has 1 saturated heterocycles. The van der Waals surface area contributed by atoms with Crippen molar-refractivity contribution in [3.05, 3.63) is 35.9 Å². The fourth-order valence-corrected chi connectivity index (χ4v) is 2.65. The summed E-state index contributed by atoms with van der Waals surface area (Å²) in [5.41, 5.74) is -1.07. The van der Waals surface area contributed by atoms with E-state index in [1.807, 2.05) is 6.92 Å². The summed E-state index contributed by atoms with van der Waals surface area (Å²) in [5, 5.41) is 9.56. The Labute approximate surface area is 148 Å². The number of esters is 1. The molecule has 2 rings (SSSR count). The van der Waals surface area contributed by atoms with Crippen LogP contribution in [0.4, 0.5) is 0 Å². The first-order valence-electron chi connectivity index (χ1n) is 7.89. The van der Waals surface area contributed by atoms with Crippen molar-refractivity contribution in [3.8, 4) is 0 Å². The molecule has 0 saturated carbocycles. The van der Waals surface area contributed by atoms with Crippen LogP contribution in [-0.4, -0.2) is 60.4 Å². The Morgan fingerprint density at radius 3 is 2.38 bits per heavy atom. The molecule has 0 spiro atoms. The van der Waals surface area contributed by atoms with E-state index in [1.54, 1.807) is 30.3 Å². The Morgan fingerprint density at radius 1 is 1.21 bits per heavy atom. The largest absolute Gasteiger partial charge is 0.478 e. The molecular weight excluding hydrogens is 334 g/mol. The number of rotatable bonds is 7. The third kappa shape index (κ3) is 5.19. The summed E-state index contributed by atoms with van der Waals surface area (Å²) >= 11 is 0. The number of nitrogens with zero attached hydrogens (tertiary/aromatic N) is 1. The first-order chi connectivity index (χ1) is 11.1. The van der Waals surface area contributed by atoms with Gasteiger partial charge in [-0.15, -0.1) is 12.4 Å². The van der Waals surface area contributed by atoms with Gasteiger partial charge in [0.05, 0.1) is 12.2 Å². The lowest BCUT2D eigenvalue weighted by Gasteiger charge is -2.38. The van der Waals surface area contributed by atoms with Crippen LogP contribution in [0.1, 0.15) is 30.1 Å². The van der Waals surface area contributed by atoms with Gasteiger partial charge in [-0.2, -0.15) is 0 Å². The average Bonchev–Trinajstić information content (AvgIpc) is 2.57. The summed E-state index contributed by atoms with van der Waals surface area (Å²) in [6.07, 6.45) is 0.570. The number of piperidine rings is 1. The predicted molar refractivity (Wildman–Crippen MR) is 91.6 cm³/mol. The van der Waals surface area contributed by atoms with Gasteiger partial charge in [-0.1, -0.05) is 18.2 Å². The van der Waals surface area contributed by atoms with Gasteiger partial charge in [0.25, 0.3) is 0 Å². The van der Waals surface area contributed by atoms with E-state index >= 15 is 0 Å². The quantitative estimate of drug-likeness (QED) is 0.595. The number of aliphatic carboxylic acids is 1. The minimum atomic E-state index is -1.44. The van der Waals surface area contributed by atoms with Crippen molar-refractivity contribution in [2.75, 3.05) is 32.8 Å². The molecule has 0 aliphatic carbocycles. The monoisotopic (exact) mass is 357 g/mol. The van der Waals surface area contributed by atoms with Gasteiger partial charge in [-0.25, -0.2) is 9.59 Å². The molecule has 0 aromatic heterocycles. The summed E-state index contributed by atoms with van der Waals surface area (Å²) in [7, 11) is 0. The smallest absolute Gasteiger partial charge is 0.348 e. The Morgan fingerprint density at radius 2 is 1.83 bits per heavy atom. The van der Waals surface area contributed by atoms with Crippen LogP contribution in [0.15, 0.2) is 30.3 Å². The van der Waals surface area contributed by atoms with Crippen LogP contribution in [0.2, 0.25) is 0 Å². The van der Waals surface area contributed by atoms with Crippen molar-refractivity contribution >= 4 is 24.3 Å². The number of carbonyl (C=O) groups excluding carboxylic acids is 1. The molecule has 1 heterocycles. The summed E-state index contributed by atoms with van der Waals surface area (Å²) in [6.45, 7) is 5.13. The van der Waals surface area contributed by atoms with Gasteiger partial charge in [0.1, 0.15) is 0 Å². The Hall–Kier alpha value is -1.63. The van der Waals surface area contributed by atoms with Crippen LogP contribution in [0.3, 0.4) is 0 Å². The number of likely N-dealkylation sites (tertiary alicyclic amines) is 1. The normalized spacial score (nSPS) is 16.9. The number of carboxylic acid groups (broad SMARTS) is 1. The SMILES string of the molecule is CCOCCN1CCC(OC(=O)c2ccccc2)(C(=O)O)CC1.Cl. The highest BCUT2D eigenvalue weighted by molar-refractivity contribution is 5.92. The van der Waals surface area contributed by atoms with E-state index in [2.05, 4.69) is 4.90 Å². The standard InChI is InChI=1S/C17H23NO5.ClH/c1-2-22-13-12-18-10-8-17(9-11-18,16(20)21)23-15(19)14-6-4-3-5-7-14;/h3-7H,2,8-13H2,1H3,(H,20,21);1H. The molecule has 0 bridgehead atoms. The number of carbonyl (C=O) groups is 2. The van der Waals surface area contributed by atoms with Crippen molar-refractivity contribution in [1.29, 1.82) is 0 Å². The van der Waals surface area contributed by atoms with Gasteiger partial charge in [-0.05, 0) is 19.1 Å². The van der Waals surface area contributed by atoms with Crippen LogP contribution < -0.4 is 0 Å². The Balaban J connectivity index is 0.00000288. The third-order valence-electron chi connectivity index (χ3n) is 4.11. The summed E-state index contributed by atoms with van der Waals surface area (Å²) in [5.74, 6) is -1.66. The lowest BCUT2D eigenvalue weighted by atomic mass is 9.91. The first-order valence-corrected chi connectivity index (χ1v) is 7.89. The van der Waals surface area contributed by atoms with Crippen molar-refractivity contribution in [2.24, 2.45) is 0 Å². The zero-order valence-corrected chi connectivity index (χ0v) is 14.6. The molecule has 1 aromatic rings. The van der Waals surface area contributed by atoms with E-state index in [-0.39, 0.29) is 25.2 Å². The topological polar surface area (TPSA) is 76.1 Å². The molecule has 0 radical (unpaired) electrons. The van der Waals surface area contributed by atoms with Gasteiger partial charge < -0.3 is 19.5 Å². The van der Waals surface area contributed by atoms with E-state index < -0.39 is 17.5 Å². The highest BCUT2D eigenvalue weighted by Gasteiger charge is 2.45. The molecule has 1 fully saturated rings. The van der Waals surface area contributed by atoms with E-state index in [9.17, 15) is 14.7 Å². The van der Waals surface area contributed by atoms with E-state index in [0.29, 0.717) is 31.9 Å². The van der Waals surface area contributed by atoms with Crippen molar-refractivity contribution in [2.45, 2.75) is 25.4 Å². The maximum atomic E-state index is 12.2. The lowest BCUT2D eigenvalue weighted by Crippen LogP contribution is -2.52. The molecule has 7 heteroatoms. The van der Waals surface area contributed by atoms with Crippen molar-refractivity contribution in [3.63, 3.8) is 0 Å². The van der Waals surface area contributed by atoms with Crippen LogP contribution >= 0.6 is 12.4 Å². The van der Waals surface area contributed by atoms with Crippen LogP contribution in [-0.2, 0) is 14.3 Å². The highest BCUT2D eigenvalue weighted by atomic mass is 35.5. The zero-order chi connectivity index (χ0) is 16.7. The maximum absolute atomic E-state index is 12.2. The average molecular weight is 358 g/mol. The predicted octanol–water partition coefficient (Wildman–Crippen LogP) is 2.22. The van der Waals surface area contributed by atoms with Gasteiger partial charge in [0.2, 0.25) is 5.60 Å². The second-order valence-electron chi connectivity index (χ2n) is 5.59. The van der Waals surface area contributed by atoms with Crippen molar-refractivity contribution < 1.29 is 24.2 Å². The molecule has 1 aliphatic rings. The number of halogens is 1. The minimum Gasteiger partial charge on any atom is -0.478 e. The Bertz CT molecular complexity index is 529.